The molecule has 3 aromatic rings. The highest BCUT2D eigenvalue weighted by Gasteiger charge is 2.26. The highest BCUT2D eigenvalue weighted by atomic mass is 32.1. The van der Waals surface area contributed by atoms with Crippen LogP contribution in [0.25, 0.3) is 10.8 Å². The SMILES string of the molecule is C[C@@H](c1nnc(-c2cccs2)o1)N1CCN(CC(=O)Nc2cccc(F)c2)CC1. The van der Waals surface area contributed by atoms with Gasteiger partial charge in [-0.25, -0.2) is 4.39 Å². The maximum Gasteiger partial charge on any atom is 0.257 e. The number of nitrogens with zero attached hydrogens (tertiary/aromatic N) is 4. The predicted octanol–water partition coefficient (Wildman–Crippen LogP) is 3.25. The third-order valence-electron chi connectivity index (χ3n) is 4.96. The Balaban J connectivity index is 1.27. The average Bonchev–Trinajstić information content (AvgIpc) is 3.40. The first-order valence-electron chi connectivity index (χ1n) is 9.47. The number of aromatic nitrogens is 2. The molecule has 1 saturated heterocycles. The van der Waals surface area contributed by atoms with Crippen LogP contribution in [0.1, 0.15) is 18.9 Å². The lowest BCUT2D eigenvalue weighted by Gasteiger charge is -2.36. The molecule has 0 saturated carbocycles. The molecule has 7 nitrogen and oxygen atoms in total. The Bertz CT molecular complexity index is 953. The van der Waals surface area contributed by atoms with Crippen molar-refractivity contribution < 1.29 is 13.6 Å². The molecule has 1 fully saturated rings. The molecule has 9 heteroatoms. The van der Waals surface area contributed by atoms with Crippen LogP contribution in [-0.4, -0.2) is 58.6 Å². The van der Waals surface area contributed by atoms with Crippen LogP contribution in [0.3, 0.4) is 0 Å². The van der Waals surface area contributed by atoms with Gasteiger partial charge in [-0.2, -0.15) is 0 Å². The number of carbonyl (C=O) groups is 1. The van der Waals surface area contributed by atoms with Gasteiger partial charge in [-0.1, -0.05) is 12.1 Å². The number of piperazine rings is 1. The van der Waals surface area contributed by atoms with E-state index in [1.165, 1.54) is 12.1 Å². The van der Waals surface area contributed by atoms with Gasteiger partial charge in [-0.3, -0.25) is 14.6 Å². The number of thiophene rings is 1. The number of anilines is 1. The maximum atomic E-state index is 13.2. The highest BCUT2D eigenvalue weighted by Crippen LogP contribution is 2.27. The predicted molar refractivity (Wildman–Crippen MR) is 109 cm³/mol. The summed E-state index contributed by atoms with van der Waals surface area (Å²) in [4.78, 5) is 17.5. The molecule has 2 aromatic heterocycles. The summed E-state index contributed by atoms with van der Waals surface area (Å²) in [7, 11) is 0. The molecule has 152 valence electrons. The van der Waals surface area contributed by atoms with Crippen molar-refractivity contribution in [3.05, 3.63) is 53.5 Å². The average molecular weight is 415 g/mol. The third kappa shape index (κ3) is 4.87. The summed E-state index contributed by atoms with van der Waals surface area (Å²) >= 11 is 1.57. The fourth-order valence-electron chi connectivity index (χ4n) is 3.34. The Hall–Kier alpha value is -2.62. The number of amides is 1. The van der Waals surface area contributed by atoms with Crippen molar-refractivity contribution in [2.24, 2.45) is 0 Å². The topological polar surface area (TPSA) is 74.5 Å². The summed E-state index contributed by atoms with van der Waals surface area (Å²) in [6, 6.07) is 9.84. The number of nitrogens with one attached hydrogen (secondary N) is 1. The highest BCUT2D eigenvalue weighted by molar-refractivity contribution is 7.13. The molecule has 1 aliphatic heterocycles. The lowest BCUT2D eigenvalue weighted by Crippen LogP contribution is -2.49. The largest absolute Gasteiger partial charge is 0.418 e. The molecule has 1 aliphatic rings. The zero-order chi connectivity index (χ0) is 20.2. The second kappa shape index (κ2) is 8.81. The van der Waals surface area contributed by atoms with E-state index in [2.05, 4.69) is 32.2 Å². The van der Waals surface area contributed by atoms with Crippen molar-refractivity contribution in [2.75, 3.05) is 38.0 Å². The molecule has 0 aliphatic carbocycles. The summed E-state index contributed by atoms with van der Waals surface area (Å²) in [5.41, 5.74) is 0.472. The van der Waals surface area contributed by atoms with Gasteiger partial charge in [-0.15, -0.1) is 21.5 Å². The Kier molecular flexibility index (Phi) is 5.98. The standard InChI is InChI=1S/C20H22FN5O2S/c1-14(19-23-24-20(28-19)17-6-3-11-29-17)26-9-7-25(8-10-26)13-18(27)22-16-5-2-4-15(21)12-16/h2-6,11-12,14H,7-10,13H2,1H3,(H,22,27)/t14-/m0/s1. The van der Waals surface area contributed by atoms with Crippen LogP contribution in [0.4, 0.5) is 10.1 Å². The van der Waals surface area contributed by atoms with Crippen LogP contribution >= 0.6 is 11.3 Å². The zero-order valence-electron chi connectivity index (χ0n) is 16.0. The second-order valence-electron chi connectivity index (χ2n) is 6.97. The first-order valence-corrected chi connectivity index (χ1v) is 10.4. The lowest BCUT2D eigenvalue weighted by molar-refractivity contribution is -0.117. The van der Waals surface area contributed by atoms with E-state index in [4.69, 9.17) is 4.42 Å². The molecule has 1 amide bonds. The van der Waals surface area contributed by atoms with Crippen molar-refractivity contribution in [2.45, 2.75) is 13.0 Å². The number of carbonyl (C=O) groups excluding carboxylic acids is 1. The van der Waals surface area contributed by atoms with E-state index in [0.29, 0.717) is 17.5 Å². The molecule has 4 rings (SSSR count). The van der Waals surface area contributed by atoms with Crippen molar-refractivity contribution in [3.8, 4) is 10.8 Å². The van der Waals surface area contributed by atoms with Gasteiger partial charge in [0, 0.05) is 31.9 Å². The number of hydrogen-bond donors (Lipinski definition) is 1. The molecule has 0 spiro atoms. The van der Waals surface area contributed by atoms with Crippen LogP contribution in [0.15, 0.2) is 46.2 Å². The van der Waals surface area contributed by atoms with E-state index in [0.717, 1.165) is 31.1 Å². The molecule has 29 heavy (non-hydrogen) atoms. The van der Waals surface area contributed by atoms with Gasteiger partial charge in [0.1, 0.15) is 5.82 Å². The minimum atomic E-state index is -0.367. The zero-order valence-corrected chi connectivity index (χ0v) is 16.9. The Morgan fingerprint density at radius 3 is 2.79 bits per heavy atom. The van der Waals surface area contributed by atoms with E-state index >= 15 is 0 Å². The fraction of sp³-hybridized carbons (Fsp3) is 0.350. The van der Waals surface area contributed by atoms with Gasteiger partial charge in [0.05, 0.1) is 17.5 Å². The van der Waals surface area contributed by atoms with Gasteiger partial charge in [0.15, 0.2) is 0 Å². The van der Waals surface area contributed by atoms with Crippen molar-refractivity contribution in [1.29, 1.82) is 0 Å². The van der Waals surface area contributed by atoms with Crippen molar-refractivity contribution in [3.63, 3.8) is 0 Å². The van der Waals surface area contributed by atoms with E-state index < -0.39 is 0 Å². The van der Waals surface area contributed by atoms with Crippen LogP contribution in [-0.2, 0) is 4.79 Å². The van der Waals surface area contributed by atoms with E-state index in [1.54, 1.807) is 23.5 Å². The number of rotatable bonds is 6. The number of hydrogen-bond acceptors (Lipinski definition) is 7. The molecule has 3 heterocycles. The van der Waals surface area contributed by atoms with Gasteiger partial charge in [-0.05, 0) is 36.6 Å². The van der Waals surface area contributed by atoms with Gasteiger partial charge in [0.2, 0.25) is 11.8 Å². The Labute approximate surface area is 172 Å². The molecule has 0 bridgehead atoms. The number of benzene rings is 1. The van der Waals surface area contributed by atoms with Gasteiger partial charge in [0.25, 0.3) is 5.89 Å². The molecule has 1 N–H and O–H groups in total. The molecule has 1 atom stereocenters. The van der Waals surface area contributed by atoms with Crippen LogP contribution in [0, 0.1) is 5.82 Å². The molecule has 0 unspecified atom stereocenters. The monoisotopic (exact) mass is 415 g/mol. The Morgan fingerprint density at radius 1 is 1.24 bits per heavy atom. The maximum absolute atomic E-state index is 13.2. The first-order chi connectivity index (χ1) is 14.1. The van der Waals surface area contributed by atoms with Crippen molar-refractivity contribution in [1.82, 2.24) is 20.0 Å². The van der Waals surface area contributed by atoms with Crippen LogP contribution < -0.4 is 5.32 Å². The fourth-order valence-corrected chi connectivity index (χ4v) is 3.98. The quantitative estimate of drug-likeness (QED) is 0.666. The smallest absolute Gasteiger partial charge is 0.257 e. The molecule has 0 radical (unpaired) electrons. The minimum Gasteiger partial charge on any atom is -0.418 e. The minimum absolute atomic E-state index is 0.0134. The van der Waals surface area contributed by atoms with Gasteiger partial charge >= 0.3 is 0 Å². The summed E-state index contributed by atoms with van der Waals surface area (Å²) in [6.07, 6.45) is 0. The second-order valence-corrected chi connectivity index (χ2v) is 7.92. The molecule has 1 aromatic carbocycles. The summed E-state index contributed by atoms with van der Waals surface area (Å²) in [6.45, 7) is 5.44. The summed E-state index contributed by atoms with van der Waals surface area (Å²) in [5.74, 6) is 0.642. The van der Waals surface area contributed by atoms with E-state index in [9.17, 15) is 9.18 Å². The van der Waals surface area contributed by atoms with Crippen LogP contribution in [0.5, 0.6) is 0 Å². The van der Waals surface area contributed by atoms with Crippen molar-refractivity contribution >= 4 is 22.9 Å². The van der Waals surface area contributed by atoms with E-state index in [1.807, 2.05) is 17.5 Å². The normalized spacial score (nSPS) is 16.6. The summed E-state index contributed by atoms with van der Waals surface area (Å²) in [5, 5.41) is 13.1. The van der Waals surface area contributed by atoms with E-state index in [-0.39, 0.29) is 24.3 Å². The van der Waals surface area contributed by atoms with Crippen LogP contribution in [0.2, 0.25) is 0 Å². The lowest BCUT2D eigenvalue weighted by atomic mass is 10.2. The van der Waals surface area contributed by atoms with Gasteiger partial charge < -0.3 is 9.73 Å². The first kappa shape index (κ1) is 19.7. The molecular formula is C20H22FN5O2S. The summed E-state index contributed by atoms with van der Waals surface area (Å²) < 4.78 is 19.1. The number of halogens is 1. The Morgan fingerprint density at radius 2 is 2.07 bits per heavy atom. The third-order valence-corrected chi connectivity index (χ3v) is 5.82. The molecular weight excluding hydrogens is 393 g/mol.